The van der Waals surface area contributed by atoms with Gasteiger partial charge in [-0.05, 0) is 37.1 Å². The summed E-state index contributed by atoms with van der Waals surface area (Å²) in [7, 11) is -2.47. The Morgan fingerprint density at radius 1 is 1.16 bits per heavy atom. The van der Waals surface area contributed by atoms with Crippen LogP contribution < -0.4 is 20.1 Å². The number of nitrogens with zero attached hydrogens (tertiary/aromatic N) is 1. The summed E-state index contributed by atoms with van der Waals surface area (Å²) >= 11 is 0. The average Bonchev–Trinajstić information content (AvgIpc) is 3.28. The maximum absolute atomic E-state index is 12.9. The smallest absolute Gasteiger partial charge is 0.292 e. The molecule has 1 fully saturated rings. The van der Waals surface area contributed by atoms with Crippen LogP contribution in [0, 0.1) is 10.1 Å². The average molecular weight is 463 g/mol. The lowest BCUT2D eigenvalue weighted by Crippen LogP contribution is -2.33. The summed E-state index contributed by atoms with van der Waals surface area (Å²) in [4.78, 5) is 23.0. The Bertz CT molecular complexity index is 1080. The Morgan fingerprint density at radius 2 is 1.88 bits per heavy atom. The van der Waals surface area contributed by atoms with Gasteiger partial charge in [-0.3, -0.25) is 14.9 Å². The molecule has 1 amide bonds. The fourth-order valence-corrected chi connectivity index (χ4v) is 5.11. The fraction of sp³-hybridized carbons (Fsp3) is 0.381. The fourth-order valence-electron chi connectivity index (χ4n) is 3.61. The molecular formula is C21H26N4O6S. The minimum absolute atomic E-state index is 0.0569. The third-order valence-corrected chi connectivity index (χ3v) is 6.76. The van der Waals surface area contributed by atoms with E-state index in [1.165, 1.54) is 31.4 Å². The summed E-state index contributed by atoms with van der Waals surface area (Å²) in [6.07, 6.45) is 3.53. The Hall–Kier alpha value is -3.18. The molecule has 0 unspecified atom stereocenters. The number of nitro benzene ring substituents is 1. The molecule has 0 atom stereocenters. The number of benzene rings is 2. The van der Waals surface area contributed by atoms with Gasteiger partial charge in [0.25, 0.3) is 11.6 Å². The number of carbonyl (C=O) groups is 1. The third kappa shape index (κ3) is 5.74. The minimum atomic E-state index is -3.85. The molecule has 3 N–H and O–H groups in total. The van der Waals surface area contributed by atoms with E-state index in [4.69, 9.17) is 4.74 Å². The molecule has 0 radical (unpaired) electrons. The van der Waals surface area contributed by atoms with Gasteiger partial charge in [-0.25, -0.2) is 13.1 Å². The molecular weight excluding hydrogens is 436 g/mol. The number of amides is 1. The zero-order chi connectivity index (χ0) is 23.1. The Balaban J connectivity index is 1.64. The summed E-state index contributed by atoms with van der Waals surface area (Å²) < 4.78 is 33.6. The molecule has 0 spiro atoms. The van der Waals surface area contributed by atoms with E-state index in [1.807, 2.05) is 0 Å². The topological polar surface area (TPSA) is 140 Å². The van der Waals surface area contributed by atoms with Gasteiger partial charge in [0, 0.05) is 30.8 Å². The van der Waals surface area contributed by atoms with E-state index in [0.29, 0.717) is 5.69 Å². The number of anilines is 1. The van der Waals surface area contributed by atoms with Gasteiger partial charge in [-0.2, -0.15) is 0 Å². The highest BCUT2D eigenvalue weighted by atomic mass is 32.2. The Labute approximate surface area is 186 Å². The second-order valence-corrected chi connectivity index (χ2v) is 9.11. The van der Waals surface area contributed by atoms with Crippen molar-refractivity contribution < 1.29 is 22.9 Å². The van der Waals surface area contributed by atoms with Crippen molar-refractivity contribution in [3.8, 4) is 5.75 Å². The molecule has 0 aliphatic heterocycles. The van der Waals surface area contributed by atoms with Gasteiger partial charge in [0.2, 0.25) is 10.0 Å². The third-order valence-electron chi connectivity index (χ3n) is 5.22. The predicted octanol–water partition coefficient (Wildman–Crippen LogP) is 2.67. The van der Waals surface area contributed by atoms with Crippen molar-refractivity contribution in [2.24, 2.45) is 0 Å². The molecule has 2 aromatic carbocycles. The monoisotopic (exact) mass is 462 g/mol. The molecule has 0 heterocycles. The molecule has 0 bridgehead atoms. The van der Waals surface area contributed by atoms with Crippen LogP contribution in [-0.2, 0) is 10.0 Å². The van der Waals surface area contributed by atoms with Crippen LogP contribution in [0.1, 0.15) is 36.0 Å². The van der Waals surface area contributed by atoms with Crippen LogP contribution in [0.5, 0.6) is 5.75 Å². The van der Waals surface area contributed by atoms with E-state index in [1.54, 1.807) is 18.2 Å². The highest BCUT2D eigenvalue weighted by molar-refractivity contribution is 7.89. The molecule has 1 aliphatic rings. The SMILES string of the molecule is COc1ccc(C(=O)NCCNc2ccccc2[N+](=O)[O-])cc1S(=O)(=O)NC1CCCC1. The van der Waals surface area contributed by atoms with Gasteiger partial charge in [0.05, 0.1) is 12.0 Å². The maximum atomic E-state index is 12.9. The highest BCUT2D eigenvalue weighted by Crippen LogP contribution is 2.27. The van der Waals surface area contributed by atoms with Gasteiger partial charge in [-0.1, -0.05) is 25.0 Å². The van der Waals surface area contributed by atoms with Crippen LogP contribution in [0.2, 0.25) is 0 Å². The van der Waals surface area contributed by atoms with Crippen LogP contribution in [0.4, 0.5) is 11.4 Å². The summed E-state index contributed by atoms with van der Waals surface area (Å²) in [5.74, 6) is -0.306. The van der Waals surface area contributed by atoms with Gasteiger partial charge in [0.15, 0.2) is 0 Å². The summed E-state index contributed by atoms with van der Waals surface area (Å²) in [5.41, 5.74) is 0.462. The number of ether oxygens (including phenoxy) is 1. The summed E-state index contributed by atoms with van der Waals surface area (Å²) in [6.45, 7) is 0.431. The first-order valence-corrected chi connectivity index (χ1v) is 11.8. The minimum Gasteiger partial charge on any atom is -0.495 e. The van der Waals surface area contributed by atoms with Crippen molar-refractivity contribution in [2.45, 2.75) is 36.6 Å². The molecule has 1 saturated carbocycles. The standard InChI is InChI=1S/C21H26N4O6S/c1-31-19-11-10-15(14-20(19)32(29,30)24-16-6-2-3-7-16)21(26)23-13-12-22-17-8-4-5-9-18(17)25(27)28/h4-5,8-11,14,16,22,24H,2-3,6-7,12-13H2,1H3,(H,23,26). The molecule has 2 aromatic rings. The van der Waals surface area contributed by atoms with Crippen molar-refractivity contribution in [2.75, 3.05) is 25.5 Å². The van der Waals surface area contributed by atoms with Crippen molar-refractivity contribution in [3.63, 3.8) is 0 Å². The van der Waals surface area contributed by atoms with Crippen LogP contribution >= 0.6 is 0 Å². The number of nitro groups is 1. The maximum Gasteiger partial charge on any atom is 0.292 e. The van der Waals surface area contributed by atoms with E-state index >= 15 is 0 Å². The zero-order valence-corrected chi connectivity index (χ0v) is 18.5. The van der Waals surface area contributed by atoms with Crippen molar-refractivity contribution in [1.82, 2.24) is 10.0 Å². The summed E-state index contributed by atoms with van der Waals surface area (Å²) in [6, 6.07) is 10.3. The van der Waals surface area contributed by atoms with Crippen LogP contribution in [0.15, 0.2) is 47.4 Å². The Kier molecular flexibility index (Phi) is 7.65. The van der Waals surface area contributed by atoms with Crippen molar-refractivity contribution >= 4 is 27.3 Å². The number of methoxy groups -OCH3 is 1. The van der Waals surface area contributed by atoms with E-state index in [0.717, 1.165) is 25.7 Å². The van der Waals surface area contributed by atoms with Gasteiger partial charge in [0.1, 0.15) is 16.3 Å². The molecule has 0 saturated heterocycles. The van der Waals surface area contributed by atoms with Gasteiger partial charge < -0.3 is 15.4 Å². The number of rotatable bonds is 10. The van der Waals surface area contributed by atoms with Crippen molar-refractivity contribution in [1.29, 1.82) is 0 Å². The highest BCUT2D eigenvalue weighted by Gasteiger charge is 2.26. The van der Waals surface area contributed by atoms with Crippen molar-refractivity contribution in [3.05, 3.63) is 58.1 Å². The van der Waals surface area contributed by atoms with Gasteiger partial charge >= 0.3 is 0 Å². The molecule has 10 nitrogen and oxygen atoms in total. The molecule has 0 aromatic heterocycles. The normalized spacial score (nSPS) is 14.2. The number of sulfonamides is 1. The number of nitrogens with one attached hydrogen (secondary N) is 3. The van der Waals surface area contributed by atoms with Crippen LogP contribution in [-0.4, -0.2) is 45.5 Å². The summed E-state index contributed by atoms with van der Waals surface area (Å²) in [5, 5.41) is 16.6. The number of hydrogen-bond donors (Lipinski definition) is 3. The first-order chi connectivity index (χ1) is 15.3. The Morgan fingerprint density at radius 3 is 2.56 bits per heavy atom. The zero-order valence-electron chi connectivity index (χ0n) is 17.7. The molecule has 172 valence electrons. The first-order valence-electron chi connectivity index (χ1n) is 10.3. The quantitative estimate of drug-likeness (QED) is 0.280. The number of para-hydroxylation sites is 2. The second kappa shape index (κ2) is 10.4. The van der Waals surface area contributed by atoms with E-state index in [2.05, 4.69) is 15.4 Å². The van der Waals surface area contributed by atoms with E-state index in [-0.39, 0.29) is 41.0 Å². The van der Waals surface area contributed by atoms with Crippen LogP contribution in [0.25, 0.3) is 0 Å². The van der Waals surface area contributed by atoms with E-state index < -0.39 is 20.9 Å². The second-order valence-electron chi connectivity index (χ2n) is 7.43. The largest absolute Gasteiger partial charge is 0.495 e. The molecule has 3 rings (SSSR count). The molecule has 11 heteroatoms. The number of carbonyl (C=O) groups excluding carboxylic acids is 1. The van der Waals surface area contributed by atoms with Gasteiger partial charge in [-0.15, -0.1) is 0 Å². The number of hydrogen-bond acceptors (Lipinski definition) is 7. The lowest BCUT2D eigenvalue weighted by atomic mass is 10.2. The lowest BCUT2D eigenvalue weighted by Gasteiger charge is -2.16. The van der Waals surface area contributed by atoms with Crippen LogP contribution in [0.3, 0.4) is 0 Å². The molecule has 1 aliphatic carbocycles. The first kappa shape index (κ1) is 23.5. The van der Waals surface area contributed by atoms with E-state index in [9.17, 15) is 23.3 Å². The predicted molar refractivity (Wildman–Crippen MR) is 119 cm³/mol. The molecule has 32 heavy (non-hydrogen) atoms. The lowest BCUT2D eigenvalue weighted by molar-refractivity contribution is -0.384.